The van der Waals surface area contributed by atoms with E-state index in [0.29, 0.717) is 0 Å². The van der Waals surface area contributed by atoms with Crippen LogP contribution in [0.4, 0.5) is 0 Å². The number of phenolic OH excluding ortho intramolecular Hbond substituents is 1. The Labute approximate surface area is 205 Å². The Morgan fingerprint density at radius 1 is 1.18 bits per heavy atom. The number of likely N-dealkylation sites (N-methyl/N-ethyl adjacent to an activating group) is 1. The summed E-state index contributed by atoms with van der Waals surface area (Å²) >= 11 is 6.28. The third-order valence-corrected chi connectivity index (χ3v) is 7.39. The van der Waals surface area contributed by atoms with E-state index in [0.717, 1.165) is 0 Å². The molecule has 1 saturated carbocycles. The van der Waals surface area contributed by atoms with Crippen molar-refractivity contribution in [2.75, 3.05) is 14.1 Å². The summed E-state index contributed by atoms with van der Waals surface area (Å²) in [4.78, 5) is 40.1. The minimum absolute atomic E-state index is 0. The number of hydrogen-bond donors (Lipinski definition) is 6. The number of amides is 1. The van der Waals surface area contributed by atoms with Gasteiger partial charge in [0.1, 0.15) is 22.8 Å². The fraction of sp³-hybridized carbons (Fsp3) is 0.409. The quantitative estimate of drug-likeness (QED) is 0.309. The molecule has 0 radical (unpaired) electrons. The van der Waals surface area contributed by atoms with Crippen LogP contribution < -0.4 is 5.73 Å². The second-order valence-electron chi connectivity index (χ2n) is 9.08. The summed E-state index contributed by atoms with van der Waals surface area (Å²) in [6, 6.07) is 1.24. The third-order valence-electron chi connectivity index (χ3n) is 7.07. The van der Waals surface area contributed by atoms with Crippen LogP contribution in [0.2, 0.25) is 5.02 Å². The SMILES string of the molecule is CN(C)[C@H]1C(=O)C(C(N)=O)=C(O)[C@@]2(O)C(=O)C3=C(O)c4c(O)ccc(Cl)c4[C@](C)(O)[C@H]3C[C@@H]12.Cl. The number of rotatable bonds is 2. The van der Waals surface area contributed by atoms with Crippen molar-refractivity contribution < 1.29 is 39.9 Å². The zero-order valence-corrected chi connectivity index (χ0v) is 19.9. The fourth-order valence-corrected chi connectivity index (χ4v) is 5.93. The van der Waals surface area contributed by atoms with Gasteiger partial charge < -0.3 is 31.3 Å². The predicted molar refractivity (Wildman–Crippen MR) is 122 cm³/mol. The molecule has 4 rings (SSSR count). The zero-order valence-electron chi connectivity index (χ0n) is 18.4. The zero-order chi connectivity index (χ0) is 24.8. The van der Waals surface area contributed by atoms with E-state index in [1.807, 2.05) is 0 Å². The molecule has 10 nitrogen and oxygen atoms in total. The smallest absolute Gasteiger partial charge is 0.255 e. The fourth-order valence-electron chi connectivity index (χ4n) is 5.58. The van der Waals surface area contributed by atoms with Gasteiger partial charge in [0.15, 0.2) is 11.4 Å². The lowest BCUT2D eigenvalue weighted by atomic mass is 9.54. The van der Waals surface area contributed by atoms with E-state index < -0.39 is 75.0 Å². The standard InChI is InChI=1S/C22H23ClN2O8.ClH/c1-21(32)7-6-8-15(25(2)3)17(28)13(20(24)31)19(30)22(8,33)18(29)11(7)16(27)12-10(26)5-4-9(23)14(12)21;/h4-5,7-8,15,26-27,30,32-33H,6H2,1-3H3,(H2,24,31);1H/t7-,8-,15+,21+,22-;/m0./s1. The van der Waals surface area contributed by atoms with Crippen molar-refractivity contribution in [3.05, 3.63) is 45.2 Å². The molecule has 7 N–H and O–H groups in total. The van der Waals surface area contributed by atoms with Gasteiger partial charge in [0.2, 0.25) is 5.78 Å². The lowest BCUT2D eigenvalue weighted by molar-refractivity contribution is -0.159. The van der Waals surface area contributed by atoms with Crippen LogP contribution in [0.3, 0.4) is 0 Å². The highest BCUT2D eigenvalue weighted by Crippen LogP contribution is 2.58. The number of primary amides is 1. The molecule has 0 spiro atoms. The van der Waals surface area contributed by atoms with Gasteiger partial charge in [-0.3, -0.25) is 19.3 Å². The van der Waals surface area contributed by atoms with Gasteiger partial charge >= 0.3 is 0 Å². The second-order valence-corrected chi connectivity index (χ2v) is 9.48. The molecule has 1 amide bonds. The number of Topliss-reactive ketones (excluding diaryl/α,β-unsaturated/α-hetero) is 2. The van der Waals surface area contributed by atoms with E-state index in [-0.39, 0.29) is 35.0 Å². The van der Waals surface area contributed by atoms with E-state index in [1.165, 1.54) is 38.1 Å². The van der Waals surface area contributed by atoms with Gasteiger partial charge in [-0.2, -0.15) is 0 Å². The molecule has 12 heteroatoms. The summed E-state index contributed by atoms with van der Waals surface area (Å²) in [6.07, 6.45) is -0.259. The highest BCUT2D eigenvalue weighted by Gasteiger charge is 2.66. The number of hydrogen-bond acceptors (Lipinski definition) is 9. The Bertz CT molecular complexity index is 1210. The van der Waals surface area contributed by atoms with Crippen molar-refractivity contribution >= 4 is 47.2 Å². The maximum Gasteiger partial charge on any atom is 0.255 e. The van der Waals surface area contributed by atoms with Crippen molar-refractivity contribution in [1.29, 1.82) is 0 Å². The minimum atomic E-state index is -2.78. The summed E-state index contributed by atoms with van der Waals surface area (Å²) in [6.45, 7) is 1.34. The van der Waals surface area contributed by atoms with Gasteiger partial charge in [-0.05, 0) is 39.6 Å². The number of carbonyl (C=O) groups excluding carboxylic acids is 3. The number of phenols is 1. The summed E-state index contributed by atoms with van der Waals surface area (Å²) in [5.41, 5.74) is -1.10. The molecule has 0 bridgehead atoms. The van der Waals surface area contributed by atoms with Crippen LogP contribution in [0.1, 0.15) is 24.5 Å². The molecule has 0 aliphatic heterocycles. The van der Waals surface area contributed by atoms with Gasteiger partial charge in [0.05, 0.1) is 17.2 Å². The number of carbonyl (C=O) groups is 3. The molecule has 184 valence electrons. The molecule has 1 aromatic carbocycles. The second kappa shape index (κ2) is 7.96. The minimum Gasteiger partial charge on any atom is -0.508 e. The molecule has 1 fully saturated rings. The Kier molecular flexibility index (Phi) is 6.08. The van der Waals surface area contributed by atoms with Crippen LogP contribution in [-0.4, -0.2) is 73.6 Å². The van der Waals surface area contributed by atoms with Gasteiger partial charge in [0.25, 0.3) is 5.91 Å². The first kappa shape index (κ1) is 26.0. The van der Waals surface area contributed by atoms with Gasteiger partial charge in [-0.25, -0.2) is 0 Å². The van der Waals surface area contributed by atoms with E-state index in [4.69, 9.17) is 17.3 Å². The normalized spacial score (nSPS) is 32.7. The molecular weight excluding hydrogens is 491 g/mol. The predicted octanol–water partition coefficient (Wildman–Crippen LogP) is 0.704. The summed E-state index contributed by atoms with van der Waals surface area (Å²) in [7, 11) is 2.97. The topological polar surface area (TPSA) is 182 Å². The number of aliphatic hydroxyl groups is 4. The largest absolute Gasteiger partial charge is 0.508 e. The maximum absolute atomic E-state index is 13.7. The molecular formula is C22H24Cl2N2O8. The average Bonchev–Trinajstić information content (AvgIpc) is 2.69. The van der Waals surface area contributed by atoms with Crippen molar-refractivity contribution in [3.63, 3.8) is 0 Å². The number of benzene rings is 1. The molecule has 3 aliphatic carbocycles. The lowest BCUT2D eigenvalue weighted by Crippen LogP contribution is -2.67. The number of ketones is 2. The molecule has 3 aliphatic rings. The summed E-state index contributed by atoms with van der Waals surface area (Å²) < 4.78 is 0. The Hall–Kier alpha value is -2.63. The first-order valence-electron chi connectivity index (χ1n) is 10.1. The highest BCUT2D eigenvalue weighted by molar-refractivity contribution is 6.32. The highest BCUT2D eigenvalue weighted by atomic mass is 35.5. The summed E-state index contributed by atoms with van der Waals surface area (Å²) in [5, 5.41) is 55.2. The first-order valence-corrected chi connectivity index (χ1v) is 10.5. The van der Waals surface area contributed by atoms with Crippen LogP contribution in [0.25, 0.3) is 5.76 Å². The molecule has 0 heterocycles. The number of halogens is 2. The number of fused-ring (bicyclic) bond motifs is 3. The maximum atomic E-state index is 13.7. The molecule has 0 saturated heterocycles. The molecule has 34 heavy (non-hydrogen) atoms. The number of aromatic hydroxyl groups is 1. The van der Waals surface area contributed by atoms with E-state index in [9.17, 15) is 39.9 Å². The Balaban J connectivity index is 0.00000324. The van der Waals surface area contributed by atoms with Crippen LogP contribution in [0.5, 0.6) is 5.75 Å². The summed E-state index contributed by atoms with van der Waals surface area (Å²) in [5.74, 6) is -8.30. The van der Waals surface area contributed by atoms with Crippen LogP contribution in [0.15, 0.2) is 29.0 Å². The first-order chi connectivity index (χ1) is 15.2. The van der Waals surface area contributed by atoms with E-state index in [2.05, 4.69) is 0 Å². The number of nitrogens with two attached hydrogens (primary N) is 1. The third kappa shape index (κ3) is 3.03. The van der Waals surface area contributed by atoms with Crippen LogP contribution >= 0.6 is 24.0 Å². The number of nitrogens with zero attached hydrogens (tertiary/aromatic N) is 1. The van der Waals surface area contributed by atoms with Gasteiger partial charge in [-0.1, -0.05) is 11.6 Å². The van der Waals surface area contributed by atoms with Crippen molar-refractivity contribution in [2.24, 2.45) is 17.6 Å². The Morgan fingerprint density at radius 3 is 2.29 bits per heavy atom. The van der Waals surface area contributed by atoms with Crippen molar-refractivity contribution in [2.45, 2.75) is 30.6 Å². The van der Waals surface area contributed by atoms with Gasteiger partial charge in [0, 0.05) is 28.0 Å². The molecule has 5 atom stereocenters. The number of aliphatic hydroxyl groups excluding tert-OH is 2. The molecule has 0 aromatic heterocycles. The van der Waals surface area contributed by atoms with Crippen molar-refractivity contribution in [3.8, 4) is 5.75 Å². The van der Waals surface area contributed by atoms with E-state index in [1.54, 1.807) is 0 Å². The van der Waals surface area contributed by atoms with Crippen LogP contribution in [0, 0.1) is 11.8 Å². The van der Waals surface area contributed by atoms with E-state index >= 15 is 0 Å². The molecule has 1 aromatic rings. The molecule has 0 unspecified atom stereocenters. The van der Waals surface area contributed by atoms with Crippen molar-refractivity contribution in [1.82, 2.24) is 4.90 Å². The van der Waals surface area contributed by atoms with Crippen LogP contribution in [-0.2, 0) is 20.0 Å². The average molecular weight is 515 g/mol. The lowest BCUT2D eigenvalue weighted by Gasteiger charge is -2.53. The monoisotopic (exact) mass is 514 g/mol. The Morgan fingerprint density at radius 2 is 1.76 bits per heavy atom. The van der Waals surface area contributed by atoms with Gasteiger partial charge in [-0.15, -0.1) is 12.4 Å².